The predicted molar refractivity (Wildman–Crippen MR) is 170 cm³/mol. The second-order valence-corrected chi connectivity index (χ2v) is 14.8. The number of carbonyl (C=O) groups is 3. The number of rotatable bonds is 3. The highest BCUT2D eigenvalue weighted by Crippen LogP contribution is 2.73. The first-order valence-corrected chi connectivity index (χ1v) is 16.8. The summed E-state index contributed by atoms with van der Waals surface area (Å²) in [5, 5.41) is 15.3. The minimum atomic E-state index is -1.25. The Labute approximate surface area is 272 Å². The molecule has 6 atom stereocenters. The number of nitrogens with one attached hydrogen (secondary N) is 1. The Morgan fingerprint density at radius 3 is 2.64 bits per heavy atom. The molecule has 10 rings (SSSR count). The van der Waals surface area contributed by atoms with Gasteiger partial charge in [0, 0.05) is 44.1 Å². The largest absolute Gasteiger partial charge is 0.506 e. The average molecular weight is 639 g/mol. The van der Waals surface area contributed by atoms with E-state index in [1.165, 1.54) is 0 Å². The maximum atomic E-state index is 15.5. The Hall–Kier alpha value is -4.09. The molecular weight excluding hydrogens is 600 g/mol. The van der Waals surface area contributed by atoms with Crippen LogP contribution in [0.1, 0.15) is 61.6 Å². The van der Waals surface area contributed by atoms with Crippen LogP contribution in [0.4, 0.5) is 11.4 Å². The number of likely N-dealkylation sites (N-methyl/N-ethyl adjacent to an activating group) is 1. The molecule has 244 valence electrons. The Kier molecular flexibility index (Phi) is 5.05. The van der Waals surface area contributed by atoms with Gasteiger partial charge in [0.2, 0.25) is 5.91 Å². The molecule has 11 heteroatoms. The summed E-state index contributed by atoms with van der Waals surface area (Å²) in [6.07, 6.45) is 8.18. The molecule has 3 spiro atoms. The van der Waals surface area contributed by atoms with Gasteiger partial charge in [0.15, 0.2) is 28.7 Å². The number of hydrogen-bond donors (Lipinski definition) is 2. The quantitative estimate of drug-likeness (QED) is 0.383. The number of methoxy groups -OCH3 is 2. The first kappa shape index (κ1) is 28.0. The molecule has 1 saturated carbocycles. The van der Waals surface area contributed by atoms with Crippen LogP contribution in [0.3, 0.4) is 0 Å². The fourth-order valence-electron chi connectivity index (χ4n) is 12.0. The van der Waals surface area contributed by atoms with E-state index in [1.54, 1.807) is 31.3 Å². The number of likely N-dealkylation sites (tertiary alicyclic amines) is 1. The summed E-state index contributed by atoms with van der Waals surface area (Å²) in [5.74, 6) is 0.494. The summed E-state index contributed by atoms with van der Waals surface area (Å²) in [4.78, 5) is 48.4. The minimum absolute atomic E-state index is 0.0236. The van der Waals surface area contributed by atoms with Gasteiger partial charge in [-0.25, -0.2) is 0 Å². The average Bonchev–Trinajstić information content (AvgIpc) is 3.78. The number of carbonyl (C=O) groups excluding carboxylic acids is 3. The zero-order chi connectivity index (χ0) is 32.3. The van der Waals surface area contributed by atoms with Gasteiger partial charge in [0.25, 0.3) is 0 Å². The molecule has 8 aliphatic rings. The monoisotopic (exact) mass is 638 g/mol. The SMILES string of the molecule is COc1c(C23CCN(C)C4(CCC(=O)N4c4c(O)cccc42)C3=O)cc2c(c1OC)NC1CCC34C=CCN5CCC21C53OC(=O)C4. The maximum absolute atomic E-state index is 15.5. The molecule has 2 bridgehead atoms. The number of ether oxygens (including phenoxy) is 3. The van der Waals surface area contributed by atoms with Crippen molar-refractivity contribution in [2.45, 2.75) is 73.2 Å². The molecule has 2 aromatic rings. The fraction of sp³-hybridized carbons (Fsp3) is 0.528. The van der Waals surface area contributed by atoms with E-state index in [-0.39, 0.29) is 35.9 Å². The Bertz CT molecular complexity index is 1890. The molecule has 7 heterocycles. The Morgan fingerprint density at radius 2 is 1.83 bits per heavy atom. The summed E-state index contributed by atoms with van der Waals surface area (Å²) in [6.45, 7) is 2.02. The number of anilines is 2. The van der Waals surface area contributed by atoms with Gasteiger partial charge in [-0.05, 0) is 56.0 Å². The van der Waals surface area contributed by atoms with Crippen molar-refractivity contribution < 1.29 is 33.7 Å². The number of aromatic hydroxyl groups is 1. The van der Waals surface area contributed by atoms with Crippen LogP contribution >= 0.6 is 0 Å². The van der Waals surface area contributed by atoms with E-state index < -0.39 is 27.6 Å². The second-order valence-electron chi connectivity index (χ2n) is 14.8. The van der Waals surface area contributed by atoms with Crippen LogP contribution in [0.5, 0.6) is 17.2 Å². The lowest BCUT2D eigenvalue weighted by Crippen LogP contribution is -2.73. The van der Waals surface area contributed by atoms with Gasteiger partial charge in [-0.3, -0.25) is 29.1 Å². The van der Waals surface area contributed by atoms with Gasteiger partial charge in [-0.2, -0.15) is 0 Å². The zero-order valence-electron chi connectivity index (χ0n) is 26.9. The molecule has 4 saturated heterocycles. The van der Waals surface area contributed by atoms with Gasteiger partial charge in [0.05, 0.1) is 48.3 Å². The summed E-state index contributed by atoms with van der Waals surface area (Å²) in [7, 11) is 5.12. The third-order valence-corrected chi connectivity index (χ3v) is 13.6. The number of phenolic OH excluding ortho intramolecular Hbond substituents is 1. The van der Waals surface area contributed by atoms with Gasteiger partial charge in [-0.15, -0.1) is 0 Å². The first-order valence-electron chi connectivity index (χ1n) is 16.8. The molecule has 1 aliphatic carbocycles. The number of piperidine rings is 1. The van der Waals surface area contributed by atoms with E-state index in [1.807, 2.05) is 18.0 Å². The van der Waals surface area contributed by atoms with Gasteiger partial charge >= 0.3 is 5.97 Å². The van der Waals surface area contributed by atoms with E-state index in [0.717, 1.165) is 37.1 Å². The highest BCUT2D eigenvalue weighted by Gasteiger charge is 2.81. The van der Waals surface area contributed by atoms with Crippen molar-refractivity contribution in [2.24, 2.45) is 5.41 Å². The number of ketones is 1. The maximum Gasteiger partial charge on any atom is 0.308 e. The number of para-hydroxylation sites is 1. The van der Waals surface area contributed by atoms with Crippen LogP contribution in [0.2, 0.25) is 0 Å². The molecule has 2 aromatic carbocycles. The lowest BCUT2D eigenvalue weighted by molar-refractivity contribution is -0.205. The first-order chi connectivity index (χ1) is 22.7. The number of benzene rings is 2. The van der Waals surface area contributed by atoms with Crippen molar-refractivity contribution in [2.75, 3.05) is 51.1 Å². The van der Waals surface area contributed by atoms with Gasteiger partial charge in [-0.1, -0.05) is 24.3 Å². The normalized spacial score (nSPS) is 39.0. The van der Waals surface area contributed by atoms with E-state index in [9.17, 15) is 14.7 Å². The smallest absolute Gasteiger partial charge is 0.308 e. The predicted octanol–water partition coefficient (Wildman–Crippen LogP) is 3.17. The fourth-order valence-corrected chi connectivity index (χ4v) is 12.0. The molecule has 11 nitrogen and oxygen atoms in total. The van der Waals surface area contributed by atoms with Crippen molar-refractivity contribution in [1.82, 2.24) is 9.80 Å². The van der Waals surface area contributed by atoms with Crippen LogP contribution in [0.15, 0.2) is 36.4 Å². The van der Waals surface area contributed by atoms with Gasteiger partial charge < -0.3 is 24.6 Å². The number of amides is 1. The molecule has 0 aromatic heterocycles. The minimum Gasteiger partial charge on any atom is -0.506 e. The topological polar surface area (TPSA) is 121 Å². The summed E-state index contributed by atoms with van der Waals surface area (Å²) in [6, 6.07) is 7.32. The van der Waals surface area contributed by atoms with Crippen molar-refractivity contribution >= 4 is 29.0 Å². The van der Waals surface area contributed by atoms with E-state index >= 15 is 4.79 Å². The van der Waals surface area contributed by atoms with E-state index in [0.29, 0.717) is 60.7 Å². The van der Waals surface area contributed by atoms with Crippen LogP contribution in [0.25, 0.3) is 0 Å². The van der Waals surface area contributed by atoms with Crippen molar-refractivity contribution in [3.8, 4) is 17.2 Å². The third kappa shape index (κ3) is 2.64. The van der Waals surface area contributed by atoms with Crippen molar-refractivity contribution in [1.29, 1.82) is 0 Å². The number of esters is 1. The molecule has 5 fully saturated rings. The Morgan fingerprint density at radius 1 is 1.00 bits per heavy atom. The molecule has 6 unspecified atom stereocenters. The number of phenols is 1. The van der Waals surface area contributed by atoms with Crippen LogP contribution in [-0.2, 0) is 30.0 Å². The molecule has 1 amide bonds. The van der Waals surface area contributed by atoms with Gasteiger partial charge in [0.1, 0.15) is 5.75 Å². The lowest BCUT2D eigenvalue weighted by atomic mass is 9.51. The zero-order valence-corrected chi connectivity index (χ0v) is 26.9. The summed E-state index contributed by atoms with van der Waals surface area (Å²) < 4.78 is 19.1. The molecule has 7 aliphatic heterocycles. The summed E-state index contributed by atoms with van der Waals surface area (Å²) in [5.41, 5.74) is -0.951. The standard InChI is InChI=1S/C36H38N4O7/c1-38-16-13-33(20-6-4-7-23(41)28(20)40-25(42)9-12-35(38,40)31(33)44)22-18-21-27(30(46-3)29(22)45-2)37-24-8-11-32-10-5-15-39-17-14-34(21,24)36(32,39)47-26(43)19-32/h4-7,10,18,24,37,41H,8-9,11-17,19H2,1-3H3. The van der Waals surface area contributed by atoms with Crippen molar-refractivity contribution in [3.63, 3.8) is 0 Å². The number of nitrogens with zero attached hydrogens (tertiary/aromatic N) is 3. The number of fused-ring (bicyclic) bond motifs is 5. The number of Topliss-reactive ketones (excluding diaryl/α,β-unsaturated/α-hetero) is 1. The number of hydrogen-bond acceptors (Lipinski definition) is 10. The van der Waals surface area contributed by atoms with E-state index in [4.69, 9.17) is 14.2 Å². The molecule has 0 radical (unpaired) electrons. The molecule has 2 N–H and O–H groups in total. The highest BCUT2D eigenvalue weighted by atomic mass is 16.6. The van der Waals surface area contributed by atoms with Crippen LogP contribution < -0.4 is 19.7 Å². The van der Waals surface area contributed by atoms with E-state index in [2.05, 4.69) is 28.4 Å². The molecular formula is C36H38N4O7. The van der Waals surface area contributed by atoms with Crippen LogP contribution in [-0.4, -0.2) is 90.9 Å². The molecule has 47 heavy (non-hydrogen) atoms. The Balaban J connectivity index is 1.30. The summed E-state index contributed by atoms with van der Waals surface area (Å²) >= 11 is 0. The highest BCUT2D eigenvalue weighted by molar-refractivity contribution is 6.17. The second kappa shape index (κ2) is 8.49. The third-order valence-electron chi connectivity index (χ3n) is 13.6. The lowest BCUT2D eigenvalue weighted by Gasteiger charge is -2.59. The van der Waals surface area contributed by atoms with Crippen molar-refractivity contribution in [3.05, 3.63) is 53.1 Å². The van der Waals surface area contributed by atoms with Crippen LogP contribution in [0, 0.1) is 5.41 Å².